The van der Waals surface area contributed by atoms with Gasteiger partial charge in [0.05, 0.1) is 17.1 Å². The number of esters is 1. The normalized spacial score (nSPS) is 12.6. The van der Waals surface area contributed by atoms with E-state index in [0.29, 0.717) is 5.82 Å². The summed E-state index contributed by atoms with van der Waals surface area (Å²) in [5.74, 6) is -0.674. The zero-order valence-corrected chi connectivity index (χ0v) is 16.3. The molecule has 0 aliphatic carbocycles. The van der Waals surface area contributed by atoms with Crippen molar-refractivity contribution in [2.45, 2.75) is 20.4 Å². The maximum atomic E-state index is 12.6. The largest absolute Gasteiger partial charge is 0.456 e. The highest BCUT2D eigenvalue weighted by Crippen LogP contribution is 2.40. The minimum atomic E-state index is -0.585. The molecule has 0 radical (unpaired) electrons. The molecule has 8 heteroatoms. The quantitative estimate of drug-likeness (QED) is 0.445. The molecule has 2 heterocycles. The van der Waals surface area contributed by atoms with Gasteiger partial charge in [-0.2, -0.15) is 10.4 Å². The van der Waals surface area contributed by atoms with Gasteiger partial charge < -0.3 is 14.5 Å². The summed E-state index contributed by atoms with van der Waals surface area (Å²) in [7, 11) is 3.58. The van der Waals surface area contributed by atoms with Gasteiger partial charge in [-0.15, -0.1) is 0 Å². The van der Waals surface area contributed by atoms with Gasteiger partial charge in [0.2, 0.25) is 5.78 Å². The number of hydrogen-bond donors (Lipinski definition) is 0. The number of nitriles is 1. The first kappa shape index (κ1) is 19.2. The van der Waals surface area contributed by atoms with Crippen LogP contribution >= 0.6 is 0 Å². The molecule has 0 atom stereocenters. The Morgan fingerprint density at radius 3 is 2.25 bits per heavy atom. The number of hydrogen-bond acceptors (Lipinski definition) is 7. The van der Waals surface area contributed by atoms with Gasteiger partial charge in [-0.25, -0.2) is 0 Å². The molecule has 0 unspecified atom stereocenters. The van der Waals surface area contributed by atoms with Gasteiger partial charge in [0.25, 0.3) is 0 Å². The summed E-state index contributed by atoms with van der Waals surface area (Å²) >= 11 is 0. The third-order valence-corrected chi connectivity index (χ3v) is 4.60. The smallest absolute Gasteiger partial charge is 0.328 e. The summed E-state index contributed by atoms with van der Waals surface area (Å²) in [5.41, 5.74) is 3.35. The molecule has 8 nitrogen and oxygen atoms in total. The van der Waals surface area contributed by atoms with Crippen LogP contribution in [0.1, 0.15) is 11.4 Å². The van der Waals surface area contributed by atoms with Crippen LogP contribution in [0.15, 0.2) is 41.7 Å². The molecule has 3 rings (SSSR count). The molecule has 0 fully saturated rings. The topological polar surface area (TPSA) is 91.5 Å². The highest BCUT2D eigenvalue weighted by molar-refractivity contribution is 6.03. The van der Waals surface area contributed by atoms with Crippen LogP contribution in [0.5, 0.6) is 0 Å². The monoisotopic (exact) mass is 379 g/mol. The van der Waals surface area contributed by atoms with Crippen LogP contribution in [0.25, 0.3) is 0 Å². The number of ether oxygens (including phenoxy) is 1. The zero-order chi connectivity index (χ0) is 20.4. The van der Waals surface area contributed by atoms with E-state index in [1.807, 2.05) is 50.2 Å². The van der Waals surface area contributed by atoms with Crippen LogP contribution in [-0.4, -0.2) is 42.2 Å². The molecule has 0 bridgehead atoms. The number of rotatable bonds is 5. The van der Waals surface area contributed by atoms with Crippen LogP contribution in [0.4, 0.5) is 11.4 Å². The molecular weight excluding hydrogens is 358 g/mol. The number of carbonyl (C=O) groups excluding carboxylic acids is 2. The predicted molar refractivity (Wildman–Crippen MR) is 104 cm³/mol. The summed E-state index contributed by atoms with van der Waals surface area (Å²) in [6, 6.07) is 11.4. The lowest BCUT2D eigenvalue weighted by molar-refractivity contribution is -0.147. The standard InChI is InChI=1S/C20H21N5O3/c1-13-9-14(2)25(22-13)11-19(27)28-12-18(26)15(10-21)20-23(3)16-7-5-6-8-17(16)24(20)4/h5-9H,11-12H2,1-4H3. The number of anilines is 2. The number of aryl methyl sites for hydroxylation is 2. The van der Waals surface area contributed by atoms with E-state index in [1.54, 1.807) is 23.9 Å². The second-order valence-corrected chi connectivity index (χ2v) is 6.59. The number of nitrogens with zero attached hydrogens (tertiary/aromatic N) is 5. The third kappa shape index (κ3) is 3.47. The zero-order valence-electron chi connectivity index (χ0n) is 16.3. The average molecular weight is 379 g/mol. The summed E-state index contributed by atoms with van der Waals surface area (Å²) in [5, 5.41) is 13.8. The summed E-state index contributed by atoms with van der Waals surface area (Å²) in [4.78, 5) is 28.2. The van der Waals surface area contributed by atoms with Gasteiger partial charge in [-0.1, -0.05) is 12.1 Å². The van der Waals surface area contributed by atoms with Crippen molar-refractivity contribution in [1.29, 1.82) is 5.26 Å². The number of carbonyl (C=O) groups is 2. The molecule has 0 saturated heterocycles. The second kappa shape index (κ2) is 7.56. The summed E-state index contributed by atoms with van der Waals surface area (Å²) in [6.07, 6.45) is 0. The van der Waals surface area contributed by atoms with Gasteiger partial charge in [-0.3, -0.25) is 14.3 Å². The highest BCUT2D eigenvalue weighted by atomic mass is 16.5. The van der Waals surface area contributed by atoms with Gasteiger partial charge in [0.15, 0.2) is 6.61 Å². The van der Waals surface area contributed by atoms with Crippen molar-refractivity contribution in [3.8, 4) is 6.07 Å². The lowest BCUT2D eigenvalue weighted by Crippen LogP contribution is -2.28. The Balaban J connectivity index is 1.72. The van der Waals surface area contributed by atoms with E-state index in [1.165, 1.54) is 4.68 Å². The maximum Gasteiger partial charge on any atom is 0.328 e. The second-order valence-electron chi connectivity index (χ2n) is 6.59. The fourth-order valence-corrected chi connectivity index (χ4v) is 3.28. The first-order valence-electron chi connectivity index (χ1n) is 8.74. The molecule has 1 aromatic carbocycles. The lowest BCUT2D eigenvalue weighted by atomic mass is 10.2. The van der Waals surface area contributed by atoms with Crippen LogP contribution in [-0.2, 0) is 20.9 Å². The molecule has 144 valence electrons. The van der Waals surface area contributed by atoms with Crippen LogP contribution in [0.3, 0.4) is 0 Å². The van der Waals surface area contributed by atoms with Crippen molar-refractivity contribution in [2.24, 2.45) is 0 Å². The fourth-order valence-electron chi connectivity index (χ4n) is 3.28. The van der Waals surface area contributed by atoms with E-state index in [2.05, 4.69) is 5.10 Å². The molecule has 0 saturated carbocycles. The molecular formula is C20H21N5O3. The third-order valence-electron chi connectivity index (χ3n) is 4.60. The number of ketones is 1. The van der Waals surface area contributed by atoms with E-state index in [0.717, 1.165) is 22.8 Å². The minimum Gasteiger partial charge on any atom is -0.456 e. The number of para-hydroxylation sites is 2. The average Bonchev–Trinajstić information content (AvgIpc) is 3.11. The molecule has 1 aliphatic rings. The van der Waals surface area contributed by atoms with Crippen LogP contribution in [0.2, 0.25) is 0 Å². The van der Waals surface area contributed by atoms with Crippen molar-refractivity contribution in [2.75, 3.05) is 30.5 Å². The first-order valence-corrected chi connectivity index (χ1v) is 8.74. The molecule has 0 spiro atoms. The SMILES string of the molecule is Cc1cc(C)n(CC(=O)OCC(=O)C(C#N)=C2N(C)c3ccccc3N2C)n1. The lowest BCUT2D eigenvalue weighted by Gasteiger charge is -2.19. The van der Waals surface area contributed by atoms with E-state index in [9.17, 15) is 14.9 Å². The molecule has 2 aromatic rings. The number of Topliss-reactive ketones (excluding diaryl/α,β-unsaturated/α-hetero) is 1. The Morgan fingerprint density at radius 1 is 1.14 bits per heavy atom. The van der Waals surface area contributed by atoms with E-state index >= 15 is 0 Å². The Morgan fingerprint density at radius 2 is 1.75 bits per heavy atom. The Kier molecular flexibility index (Phi) is 5.18. The number of fused-ring (bicyclic) bond motifs is 1. The van der Waals surface area contributed by atoms with E-state index in [-0.39, 0.29) is 12.1 Å². The van der Waals surface area contributed by atoms with Crippen molar-refractivity contribution in [1.82, 2.24) is 9.78 Å². The highest BCUT2D eigenvalue weighted by Gasteiger charge is 2.31. The van der Waals surface area contributed by atoms with Gasteiger partial charge in [0, 0.05) is 19.8 Å². The van der Waals surface area contributed by atoms with Crippen molar-refractivity contribution >= 4 is 23.1 Å². The maximum absolute atomic E-state index is 12.6. The molecule has 1 aromatic heterocycles. The molecule has 28 heavy (non-hydrogen) atoms. The Hall–Kier alpha value is -3.60. The van der Waals surface area contributed by atoms with E-state index in [4.69, 9.17) is 4.74 Å². The predicted octanol–water partition coefficient (Wildman–Crippen LogP) is 1.93. The Labute approximate surface area is 163 Å². The Bertz CT molecular complexity index is 984. The van der Waals surface area contributed by atoms with Crippen molar-refractivity contribution in [3.05, 3.63) is 53.1 Å². The number of benzene rings is 1. The van der Waals surface area contributed by atoms with Crippen LogP contribution in [0, 0.1) is 25.2 Å². The van der Waals surface area contributed by atoms with Gasteiger partial charge in [-0.05, 0) is 32.0 Å². The van der Waals surface area contributed by atoms with Crippen molar-refractivity contribution in [3.63, 3.8) is 0 Å². The van der Waals surface area contributed by atoms with Gasteiger partial charge >= 0.3 is 5.97 Å². The number of aromatic nitrogens is 2. The van der Waals surface area contributed by atoms with Gasteiger partial charge in [0.1, 0.15) is 24.0 Å². The minimum absolute atomic E-state index is 0.0554. The summed E-state index contributed by atoms with van der Waals surface area (Å²) < 4.78 is 6.61. The first-order chi connectivity index (χ1) is 13.3. The molecule has 1 aliphatic heterocycles. The van der Waals surface area contributed by atoms with Crippen molar-refractivity contribution < 1.29 is 14.3 Å². The molecule has 0 N–H and O–H groups in total. The van der Waals surface area contributed by atoms with E-state index < -0.39 is 18.4 Å². The summed E-state index contributed by atoms with van der Waals surface area (Å²) in [6.45, 7) is 3.08. The molecule has 0 amide bonds. The fraction of sp³-hybridized carbons (Fsp3) is 0.300. The van der Waals surface area contributed by atoms with Crippen LogP contribution < -0.4 is 9.80 Å².